The predicted molar refractivity (Wildman–Crippen MR) is 160 cm³/mol. The lowest BCUT2D eigenvalue weighted by Gasteiger charge is -2.34. The van der Waals surface area contributed by atoms with E-state index in [4.69, 9.17) is 16.3 Å². The molecule has 0 saturated heterocycles. The van der Waals surface area contributed by atoms with Crippen LogP contribution in [-0.2, 0) is 27.2 Å². The van der Waals surface area contributed by atoms with E-state index < -0.39 is 11.5 Å². The zero-order valence-corrected chi connectivity index (χ0v) is 25.1. The van der Waals surface area contributed by atoms with Crippen LogP contribution in [0.4, 0.5) is 0 Å². The molecule has 0 spiro atoms. The fraction of sp³-hybridized carbons (Fsp3) is 0.483. The van der Waals surface area contributed by atoms with Crippen LogP contribution < -0.4 is 15.5 Å². The van der Waals surface area contributed by atoms with Gasteiger partial charge in [0.05, 0.1) is 17.3 Å². The Morgan fingerprint density at radius 3 is 2.55 bits per heavy atom. The molecule has 0 radical (unpaired) electrons. The largest absolute Gasteiger partial charge is 0.506 e. The minimum Gasteiger partial charge on any atom is -0.506 e. The molecule has 2 aromatic carbocycles. The van der Waals surface area contributed by atoms with Gasteiger partial charge in [0, 0.05) is 37.0 Å². The second kappa shape index (κ2) is 14.6. The van der Waals surface area contributed by atoms with Crippen LogP contribution in [0.25, 0.3) is 10.2 Å². The van der Waals surface area contributed by atoms with Crippen LogP contribution >= 0.6 is 22.9 Å². The van der Waals surface area contributed by atoms with Crippen molar-refractivity contribution >= 4 is 45.0 Å². The summed E-state index contributed by atoms with van der Waals surface area (Å²) in [6.07, 6.45) is 1.44. The van der Waals surface area contributed by atoms with Crippen molar-refractivity contribution in [2.45, 2.75) is 46.6 Å². The molecule has 4 N–H and O–H groups in total. The third-order valence-electron chi connectivity index (χ3n) is 6.51. The third kappa shape index (κ3) is 9.62. The van der Waals surface area contributed by atoms with E-state index in [1.807, 2.05) is 56.0 Å². The quantitative estimate of drug-likeness (QED) is 0.157. The second-order valence-corrected chi connectivity index (χ2v) is 12.1. The number of H-pyrrole nitrogens is 1. The van der Waals surface area contributed by atoms with E-state index in [-0.39, 0.29) is 29.1 Å². The fourth-order valence-electron chi connectivity index (χ4n) is 4.40. The predicted octanol–water partition coefficient (Wildman–Crippen LogP) is 3.72. The number of aromatic nitrogens is 1. The summed E-state index contributed by atoms with van der Waals surface area (Å²) in [5.41, 5.74) is 2.15. The summed E-state index contributed by atoms with van der Waals surface area (Å²) >= 11 is 7.05. The first-order valence-electron chi connectivity index (χ1n) is 13.4. The van der Waals surface area contributed by atoms with Crippen molar-refractivity contribution in [2.75, 3.05) is 39.3 Å². The topological polar surface area (TPSA) is 124 Å². The molecule has 0 fully saturated rings. The lowest BCUT2D eigenvalue weighted by atomic mass is 9.93. The van der Waals surface area contributed by atoms with Crippen molar-refractivity contribution in [3.63, 3.8) is 0 Å². The molecule has 9 nitrogen and oxygen atoms in total. The summed E-state index contributed by atoms with van der Waals surface area (Å²) < 4.78 is 6.01. The molecule has 1 heterocycles. The van der Waals surface area contributed by atoms with Crippen LogP contribution in [0.3, 0.4) is 0 Å². The molecular weight excluding hydrogens is 552 g/mol. The van der Waals surface area contributed by atoms with E-state index in [9.17, 15) is 19.5 Å². The highest BCUT2D eigenvalue weighted by atomic mass is 35.5. The van der Waals surface area contributed by atoms with Gasteiger partial charge in [-0.2, -0.15) is 0 Å². The number of hydrogen-bond donors (Lipinski definition) is 4. The van der Waals surface area contributed by atoms with Crippen molar-refractivity contribution in [1.29, 1.82) is 0 Å². The molecule has 1 unspecified atom stereocenters. The first-order valence-corrected chi connectivity index (χ1v) is 14.6. The maximum absolute atomic E-state index is 13.5. The van der Waals surface area contributed by atoms with Crippen molar-refractivity contribution in [2.24, 2.45) is 5.41 Å². The van der Waals surface area contributed by atoms with Gasteiger partial charge < -0.3 is 30.4 Å². The number of nitrogens with one attached hydrogen (secondary N) is 3. The molecule has 0 bridgehead atoms. The minimum absolute atomic E-state index is 0.0221. The minimum atomic E-state index is -0.423. The van der Waals surface area contributed by atoms with E-state index in [0.717, 1.165) is 33.6 Å². The maximum Gasteiger partial charge on any atom is 0.305 e. The number of rotatable bonds is 15. The molecule has 1 atom stereocenters. The van der Waals surface area contributed by atoms with Crippen LogP contribution in [0.15, 0.2) is 41.2 Å². The number of amides is 1. The Labute approximate surface area is 243 Å². The van der Waals surface area contributed by atoms with E-state index >= 15 is 0 Å². The molecule has 11 heteroatoms. The number of carbonyl (C=O) groups excluding carboxylic acids is 2. The number of hydrogen-bond acceptors (Lipinski definition) is 8. The van der Waals surface area contributed by atoms with Gasteiger partial charge in [-0.15, -0.1) is 0 Å². The molecule has 1 aromatic heterocycles. The van der Waals surface area contributed by atoms with Gasteiger partial charge in [0.15, 0.2) is 0 Å². The molecule has 0 aliphatic carbocycles. The van der Waals surface area contributed by atoms with E-state index in [1.165, 1.54) is 6.92 Å². The monoisotopic (exact) mass is 590 g/mol. The lowest BCUT2D eigenvalue weighted by molar-refractivity contribution is -0.145. The average Bonchev–Trinajstić information content (AvgIpc) is 3.31. The fourth-order valence-corrected chi connectivity index (χ4v) is 5.43. The molecule has 3 rings (SSSR count). The van der Waals surface area contributed by atoms with Gasteiger partial charge in [0.1, 0.15) is 11.3 Å². The Kier molecular flexibility index (Phi) is 11.6. The molecule has 1 amide bonds. The normalized spacial score (nSPS) is 12.4. The first-order chi connectivity index (χ1) is 18.9. The van der Waals surface area contributed by atoms with Gasteiger partial charge in [-0.1, -0.05) is 55.0 Å². The van der Waals surface area contributed by atoms with E-state index in [1.54, 1.807) is 6.07 Å². The van der Waals surface area contributed by atoms with Gasteiger partial charge in [-0.05, 0) is 62.2 Å². The highest BCUT2D eigenvalue weighted by Crippen LogP contribution is 2.27. The van der Waals surface area contributed by atoms with Crippen LogP contribution in [0.1, 0.15) is 38.8 Å². The standard InChI is InChI=1S/C29H39ClN4O5S/c1-19(32-14-11-21-5-8-23(30)9-6-21)27(37)34(17-29(3,4)18-39-20(2)35)16-15-31-13-12-22-7-10-24(36)25-26(22)40-28(38)33-25/h5-10,19,31-32,36H,11-18H2,1-4H3,(H,33,38). The number of phenols is 1. The molecule has 0 aliphatic rings. The number of halogens is 1. The first kappa shape index (κ1) is 31.6. The van der Waals surface area contributed by atoms with Gasteiger partial charge >= 0.3 is 10.8 Å². The van der Waals surface area contributed by atoms with Crippen LogP contribution in [0.5, 0.6) is 5.75 Å². The highest BCUT2D eigenvalue weighted by Gasteiger charge is 2.28. The van der Waals surface area contributed by atoms with Gasteiger partial charge in [0.2, 0.25) is 5.91 Å². The SMILES string of the molecule is CC(=O)OCC(C)(C)CN(CCNCCc1ccc(O)c2[nH]c(=O)sc12)C(=O)C(C)NCCc1ccc(Cl)cc1. The zero-order chi connectivity index (χ0) is 29.3. The Bertz CT molecular complexity index is 1340. The van der Waals surface area contributed by atoms with Gasteiger partial charge in [-0.25, -0.2) is 0 Å². The summed E-state index contributed by atoms with van der Waals surface area (Å²) in [6, 6.07) is 10.7. The molecule has 218 valence electrons. The number of aromatic hydroxyl groups is 1. The van der Waals surface area contributed by atoms with Crippen molar-refractivity contribution < 1.29 is 19.4 Å². The zero-order valence-electron chi connectivity index (χ0n) is 23.5. The van der Waals surface area contributed by atoms with Crippen molar-refractivity contribution in [1.82, 2.24) is 20.5 Å². The molecule has 0 saturated carbocycles. The average molecular weight is 591 g/mol. The Morgan fingerprint density at radius 1 is 1.12 bits per heavy atom. The Hall–Kier alpha value is -2.92. The molecule has 40 heavy (non-hydrogen) atoms. The number of carbonyl (C=O) groups is 2. The molecular formula is C29H39ClN4O5S. The summed E-state index contributed by atoms with van der Waals surface area (Å²) in [5, 5.41) is 17.4. The number of fused-ring (bicyclic) bond motifs is 1. The third-order valence-corrected chi connectivity index (χ3v) is 7.72. The number of aromatic amines is 1. The van der Waals surface area contributed by atoms with Crippen LogP contribution in [0, 0.1) is 5.41 Å². The summed E-state index contributed by atoms with van der Waals surface area (Å²) in [7, 11) is 0. The van der Waals surface area contributed by atoms with Crippen LogP contribution in [-0.4, -0.2) is 72.2 Å². The Morgan fingerprint density at radius 2 is 1.85 bits per heavy atom. The van der Waals surface area contributed by atoms with E-state index in [2.05, 4.69) is 15.6 Å². The van der Waals surface area contributed by atoms with Crippen molar-refractivity contribution in [3.8, 4) is 5.75 Å². The smallest absolute Gasteiger partial charge is 0.305 e. The number of phenolic OH excluding ortho intramolecular Hbond substituents is 1. The molecule has 3 aromatic rings. The second-order valence-electron chi connectivity index (χ2n) is 10.7. The number of thiazole rings is 1. The van der Waals surface area contributed by atoms with Crippen LogP contribution in [0.2, 0.25) is 5.02 Å². The number of esters is 1. The highest BCUT2D eigenvalue weighted by molar-refractivity contribution is 7.16. The maximum atomic E-state index is 13.5. The number of ether oxygens (including phenoxy) is 1. The molecule has 0 aliphatic heterocycles. The summed E-state index contributed by atoms with van der Waals surface area (Å²) in [4.78, 5) is 40.9. The number of benzene rings is 2. The van der Waals surface area contributed by atoms with Gasteiger partial charge in [0.25, 0.3) is 0 Å². The summed E-state index contributed by atoms with van der Waals surface area (Å²) in [5.74, 6) is -0.307. The lowest BCUT2D eigenvalue weighted by Crippen LogP contribution is -2.51. The van der Waals surface area contributed by atoms with E-state index in [0.29, 0.717) is 49.7 Å². The Balaban J connectivity index is 1.56. The van der Waals surface area contributed by atoms with Crippen molar-refractivity contribution in [3.05, 3.63) is 62.2 Å². The number of nitrogens with zero attached hydrogens (tertiary/aromatic N) is 1. The summed E-state index contributed by atoms with van der Waals surface area (Å²) in [6.45, 7) is 10.2. The van der Waals surface area contributed by atoms with Gasteiger partial charge in [-0.3, -0.25) is 14.4 Å².